The summed E-state index contributed by atoms with van der Waals surface area (Å²) < 4.78 is 0. The molecule has 0 aliphatic carbocycles. The Kier molecular flexibility index (Phi) is 4.21. The van der Waals surface area contributed by atoms with Gasteiger partial charge in [0.25, 0.3) is 0 Å². The van der Waals surface area contributed by atoms with Crippen molar-refractivity contribution in [3.63, 3.8) is 0 Å². The van der Waals surface area contributed by atoms with E-state index in [0.29, 0.717) is 11.4 Å². The standard InChI is InChI=1S/C25H20ClNO2/c1-14-10-17(26)12-21-20(13-22(25(28)29)27-24(14)21)23-18-8-4-2-6-15(18)11-16-7-3-5-9-19(16)23/h2-12,20,22,27H,13H2,1H3,(H,28,29). The Morgan fingerprint density at radius 2 is 1.62 bits per heavy atom. The number of aryl methyl sites for hydroxylation is 1. The number of rotatable bonds is 2. The van der Waals surface area contributed by atoms with Crippen LogP contribution in [-0.2, 0) is 4.79 Å². The van der Waals surface area contributed by atoms with Gasteiger partial charge in [0.15, 0.2) is 0 Å². The topological polar surface area (TPSA) is 49.3 Å². The van der Waals surface area contributed by atoms with E-state index >= 15 is 0 Å². The van der Waals surface area contributed by atoms with Crippen LogP contribution in [0.4, 0.5) is 5.69 Å². The first-order chi connectivity index (χ1) is 14.0. The van der Waals surface area contributed by atoms with Crippen LogP contribution >= 0.6 is 11.6 Å². The highest BCUT2D eigenvalue weighted by molar-refractivity contribution is 6.30. The van der Waals surface area contributed by atoms with E-state index in [1.54, 1.807) is 0 Å². The maximum Gasteiger partial charge on any atom is 0.326 e. The van der Waals surface area contributed by atoms with Gasteiger partial charge in [0, 0.05) is 16.6 Å². The summed E-state index contributed by atoms with van der Waals surface area (Å²) in [5, 5.41) is 18.3. The van der Waals surface area contributed by atoms with E-state index in [4.69, 9.17) is 11.6 Å². The highest BCUT2D eigenvalue weighted by Gasteiger charge is 2.34. The van der Waals surface area contributed by atoms with Crippen molar-refractivity contribution < 1.29 is 9.90 Å². The number of nitrogens with one attached hydrogen (secondary N) is 1. The third-order valence-corrected chi connectivity index (χ3v) is 6.17. The van der Waals surface area contributed by atoms with E-state index in [0.717, 1.165) is 38.4 Å². The van der Waals surface area contributed by atoms with Crippen LogP contribution in [0.2, 0.25) is 5.02 Å². The summed E-state index contributed by atoms with van der Waals surface area (Å²) in [5.41, 5.74) is 4.09. The van der Waals surface area contributed by atoms with Crippen molar-refractivity contribution in [1.82, 2.24) is 0 Å². The number of carbonyl (C=O) groups is 1. The number of carboxylic acid groups (broad SMARTS) is 1. The molecule has 4 aromatic carbocycles. The second kappa shape index (κ2) is 6.78. The maximum atomic E-state index is 12.0. The lowest BCUT2D eigenvalue weighted by atomic mass is 9.77. The van der Waals surface area contributed by atoms with Gasteiger partial charge in [0.05, 0.1) is 0 Å². The van der Waals surface area contributed by atoms with Crippen LogP contribution in [0.25, 0.3) is 21.5 Å². The average Bonchev–Trinajstić information content (AvgIpc) is 2.71. The Labute approximate surface area is 173 Å². The molecule has 2 atom stereocenters. The molecule has 2 unspecified atom stereocenters. The zero-order valence-electron chi connectivity index (χ0n) is 15.9. The first-order valence-corrected chi connectivity index (χ1v) is 10.1. The molecule has 4 aromatic rings. The molecule has 2 N–H and O–H groups in total. The fourth-order valence-electron chi connectivity index (χ4n) is 4.70. The average molecular weight is 402 g/mol. The molecule has 0 fully saturated rings. The van der Waals surface area contributed by atoms with Gasteiger partial charge in [-0.25, -0.2) is 4.79 Å². The molecule has 0 radical (unpaired) electrons. The highest BCUT2D eigenvalue weighted by Crippen LogP contribution is 2.46. The number of aliphatic carboxylic acids is 1. The van der Waals surface area contributed by atoms with E-state index in [-0.39, 0.29) is 5.92 Å². The summed E-state index contributed by atoms with van der Waals surface area (Å²) in [7, 11) is 0. The molecule has 0 bridgehead atoms. The summed E-state index contributed by atoms with van der Waals surface area (Å²) in [6.07, 6.45) is 0.472. The lowest BCUT2D eigenvalue weighted by Gasteiger charge is -2.34. The van der Waals surface area contributed by atoms with E-state index < -0.39 is 12.0 Å². The summed E-state index contributed by atoms with van der Waals surface area (Å²) in [5.74, 6) is -0.903. The number of carboxylic acids is 1. The second-order valence-electron chi connectivity index (χ2n) is 7.74. The van der Waals surface area contributed by atoms with Crippen LogP contribution in [-0.4, -0.2) is 17.1 Å². The lowest BCUT2D eigenvalue weighted by Crippen LogP contribution is -2.36. The number of fused-ring (bicyclic) bond motifs is 3. The number of hydrogen-bond donors (Lipinski definition) is 2. The van der Waals surface area contributed by atoms with Gasteiger partial charge in [-0.3, -0.25) is 0 Å². The Morgan fingerprint density at radius 3 is 2.24 bits per heavy atom. The van der Waals surface area contributed by atoms with Crippen LogP contribution < -0.4 is 5.32 Å². The monoisotopic (exact) mass is 401 g/mol. The van der Waals surface area contributed by atoms with Crippen LogP contribution in [0.3, 0.4) is 0 Å². The van der Waals surface area contributed by atoms with Crippen LogP contribution in [0.15, 0.2) is 66.7 Å². The van der Waals surface area contributed by atoms with Crippen molar-refractivity contribution in [2.75, 3.05) is 5.32 Å². The van der Waals surface area contributed by atoms with Crippen LogP contribution in [0.1, 0.15) is 29.0 Å². The fourth-order valence-corrected chi connectivity index (χ4v) is 4.98. The smallest absolute Gasteiger partial charge is 0.326 e. The van der Waals surface area contributed by atoms with Crippen molar-refractivity contribution in [2.45, 2.75) is 25.3 Å². The Morgan fingerprint density at radius 1 is 1.00 bits per heavy atom. The van der Waals surface area contributed by atoms with Gasteiger partial charge < -0.3 is 10.4 Å². The van der Waals surface area contributed by atoms with Gasteiger partial charge in [0.2, 0.25) is 0 Å². The summed E-state index contributed by atoms with van der Waals surface area (Å²) >= 11 is 6.43. The molecule has 1 aliphatic heterocycles. The predicted molar refractivity (Wildman–Crippen MR) is 119 cm³/mol. The van der Waals surface area contributed by atoms with Crippen molar-refractivity contribution in [3.8, 4) is 0 Å². The first-order valence-electron chi connectivity index (χ1n) is 9.72. The molecule has 144 valence electrons. The molecular weight excluding hydrogens is 382 g/mol. The summed E-state index contributed by atoms with van der Waals surface area (Å²) in [4.78, 5) is 12.0. The quantitative estimate of drug-likeness (QED) is 0.384. The number of benzene rings is 4. The molecule has 5 rings (SSSR count). The minimum Gasteiger partial charge on any atom is -0.480 e. The molecule has 3 nitrogen and oxygen atoms in total. The van der Waals surface area contributed by atoms with Gasteiger partial charge >= 0.3 is 5.97 Å². The predicted octanol–water partition coefficient (Wildman–Crippen LogP) is 6.36. The van der Waals surface area contributed by atoms with E-state index in [2.05, 4.69) is 35.6 Å². The zero-order chi connectivity index (χ0) is 20.1. The Balaban J connectivity index is 1.87. The maximum absolute atomic E-state index is 12.0. The molecule has 0 spiro atoms. The van der Waals surface area contributed by atoms with Crippen molar-refractivity contribution in [1.29, 1.82) is 0 Å². The van der Waals surface area contributed by atoms with Gasteiger partial charge in [-0.05, 0) is 69.8 Å². The molecule has 0 saturated carbocycles. The minimum absolute atomic E-state index is 0.0688. The van der Waals surface area contributed by atoms with Gasteiger partial charge in [-0.2, -0.15) is 0 Å². The van der Waals surface area contributed by atoms with E-state index in [9.17, 15) is 9.90 Å². The van der Waals surface area contributed by atoms with Crippen molar-refractivity contribution in [3.05, 3.63) is 88.4 Å². The van der Waals surface area contributed by atoms with E-state index in [1.807, 2.05) is 43.3 Å². The minimum atomic E-state index is -0.834. The second-order valence-corrected chi connectivity index (χ2v) is 8.18. The normalized spacial score (nSPS) is 18.4. The molecular formula is C25H20ClNO2. The van der Waals surface area contributed by atoms with Crippen molar-refractivity contribution in [2.24, 2.45) is 0 Å². The molecule has 4 heteroatoms. The Hall–Kier alpha value is -3.04. The van der Waals surface area contributed by atoms with Gasteiger partial charge in [0.1, 0.15) is 6.04 Å². The molecule has 0 amide bonds. The van der Waals surface area contributed by atoms with Gasteiger partial charge in [-0.1, -0.05) is 60.1 Å². The third kappa shape index (κ3) is 2.93. The van der Waals surface area contributed by atoms with Crippen LogP contribution in [0.5, 0.6) is 0 Å². The van der Waals surface area contributed by atoms with E-state index in [1.165, 1.54) is 5.56 Å². The summed E-state index contributed by atoms with van der Waals surface area (Å²) in [6, 6.07) is 22.1. The molecule has 0 saturated heterocycles. The first kappa shape index (κ1) is 18.0. The van der Waals surface area contributed by atoms with Crippen molar-refractivity contribution >= 4 is 44.8 Å². The molecule has 29 heavy (non-hydrogen) atoms. The fraction of sp³-hybridized carbons (Fsp3) is 0.160. The lowest BCUT2D eigenvalue weighted by molar-refractivity contribution is -0.138. The number of halogens is 1. The SMILES string of the molecule is Cc1cc(Cl)cc2c1NC(C(=O)O)CC2c1c2ccccc2cc2ccccc12. The number of anilines is 1. The van der Waals surface area contributed by atoms with Crippen LogP contribution in [0, 0.1) is 6.92 Å². The largest absolute Gasteiger partial charge is 0.480 e. The van der Waals surface area contributed by atoms with Gasteiger partial charge in [-0.15, -0.1) is 0 Å². The summed E-state index contributed by atoms with van der Waals surface area (Å²) in [6.45, 7) is 1.97. The molecule has 1 aliphatic rings. The number of hydrogen-bond acceptors (Lipinski definition) is 2. The zero-order valence-corrected chi connectivity index (χ0v) is 16.7. The molecule has 0 aromatic heterocycles. The Bertz CT molecular complexity index is 1230. The third-order valence-electron chi connectivity index (χ3n) is 5.96. The highest BCUT2D eigenvalue weighted by atomic mass is 35.5. The molecule has 1 heterocycles.